The molecule has 0 spiro atoms. The number of halogens is 1. The summed E-state index contributed by atoms with van der Waals surface area (Å²) < 4.78 is 5.18. The molecular weight excluding hydrogens is 260 g/mol. The van der Waals surface area contributed by atoms with Crippen molar-refractivity contribution in [3.05, 3.63) is 29.8 Å². The minimum absolute atomic E-state index is 0. The Kier molecular flexibility index (Phi) is 7.21. The molecule has 2 rings (SSSR count). The van der Waals surface area contributed by atoms with Gasteiger partial charge in [-0.2, -0.15) is 0 Å². The van der Waals surface area contributed by atoms with Crippen molar-refractivity contribution in [2.75, 3.05) is 33.8 Å². The van der Waals surface area contributed by atoms with E-state index >= 15 is 0 Å². The molecule has 1 heterocycles. The molecule has 1 aromatic rings. The van der Waals surface area contributed by atoms with Crippen LogP contribution in [0, 0.1) is 5.92 Å². The summed E-state index contributed by atoms with van der Waals surface area (Å²) in [6.07, 6.45) is 2.63. The minimum Gasteiger partial charge on any atom is -0.497 e. The molecule has 0 saturated carbocycles. The summed E-state index contributed by atoms with van der Waals surface area (Å²) in [7, 11) is 3.76. The average Bonchev–Trinajstić information content (AvgIpc) is 2.42. The van der Waals surface area contributed by atoms with Crippen LogP contribution in [0.1, 0.15) is 18.4 Å². The van der Waals surface area contributed by atoms with Crippen molar-refractivity contribution < 1.29 is 4.74 Å². The van der Waals surface area contributed by atoms with E-state index in [0.29, 0.717) is 0 Å². The van der Waals surface area contributed by atoms with Crippen molar-refractivity contribution in [1.29, 1.82) is 0 Å². The number of hydrogen-bond donors (Lipinski definition) is 1. The Balaban J connectivity index is 0.00000180. The Morgan fingerprint density at radius 3 is 2.37 bits per heavy atom. The molecule has 0 amide bonds. The van der Waals surface area contributed by atoms with E-state index in [1.165, 1.54) is 31.5 Å². The zero-order valence-corrected chi connectivity index (χ0v) is 12.7. The fraction of sp³-hybridized carbons (Fsp3) is 0.600. The first-order valence-electron chi connectivity index (χ1n) is 6.81. The summed E-state index contributed by atoms with van der Waals surface area (Å²) >= 11 is 0. The van der Waals surface area contributed by atoms with Crippen molar-refractivity contribution in [3.8, 4) is 5.75 Å². The zero-order valence-electron chi connectivity index (χ0n) is 11.9. The monoisotopic (exact) mass is 284 g/mol. The molecule has 0 radical (unpaired) electrons. The molecule has 0 aliphatic carbocycles. The number of hydrogen-bond acceptors (Lipinski definition) is 3. The molecule has 3 nitrogen and oxygen atoms in total. The number of ether oxygens (including phenoxy) is 1. The Morgan fingerprint density at radius 2 is 1.84 bits per heavy atom. The summed E-state index contributed by atoms with van der Waals surface area (Å²) in [5, 5.41) is 3.28. The van der Waals surface area contributed by atoms with E-state index in [-0.39, 0.29) is 12.4 Å². The van der Waals surface area contributed by atoms with Gasteiger partial charge >= 0.3 is 0 Å². The van der Waals surface area contributed by atoms with Crippen molar-refractivity contribution in [1.82, 2.24) is 10.2 Å². The number of rotatable bonds is 5. The van der Waals surface area contributed by atoms with Gasteiger partial charge in [0.05, 0.1) is 7.11 Å². The fourth-order valence-electron chi connectivity index (χ4n) is 2.63. The zero-order chi connectivity index (χ0) is 12.8. The number of benzene rings is 1. The lowest BCUT2D eigenvalue weighted by molar-refractivity contribution is 0.177. The van der Waals surface area contributed by atoms with Gasteiger partial charge in [0.1, 0.15) is 5.75 Å². The normalized spacial score (nSPS) is 16.9. The van der Waals surface area contributed by atoms with Gasteiger partial charge in [0.2, 0.25) is 0 Å². The van der Waals surface area contributed by atoms with Crippen LogP contribution < -0.4 is 10.1 Å². The molecular formula is C15H25ClN2O. The first-order chi connectivity index (χ1) is 8.81. The Morgan fingerprint density at radius 1 is 1.21 bits per heavy atom. The van der Waals surface area contributed by atoms with Gasteiger partial charge in [-0.1, -0.05) is 12.1 Å². The molecule has 1 N–H and O–H groups in total. The molecule has 4 heteroatoms. The van der Waals surface area contributed by atoms with E-state index in [2.05, 4.69) is 22.3 Å². The van der Waals surface area contributed by atoms with Gasteiger partial charge in [-0.3, -0.25) is 4.90 Å². The third kappa shape index (κ3) is 5.01. The third-order valence-corrected chi connectivity index (χ3v) is 3.77. The van der Waals surface area contributed by atoms with E-state index < -0.39 is 0 Å². The standard InChI is InChI=1S/C15H24N2O.ClH/c1-16-11-13-7-9-17(10-8-13)12-14-3-5-15(18-2)6-4-14;/h3-6,13,16H,7-12H2,1-2H3;1H. The van der Waals surface area contributed by atoms with Crippen LogP contribution in [0.3, 0.4) is 0 Å². The lowest BCUT2D eigenvalue weighted by atomic mass is 9.96. The van der Waals surface area contributed by atoms with Crippen LogP contribution in [0.4, 0.5) is 0 Å². The maximum atomic E-state index is 5.18. The second kappa shape index (κ2) is 8.41. The second-order valence-corrected chi connectivity index (χ2v) is 5.13. The largest absolute Gasteiger partial charge is 0.497 e. The maximum Gasteiger partial charge on any atom is 0.118 e. The van der Waals surface area contributed by atoms with Crippen LogP contribution in [0.25, 0.3) is 0 Å². The molecule has 0 atom stereocenters. The second-order valence-electron chi connectivity index (χ2n) is 5.13. The van der Waals surface area contributed by atoms with E-state index in [4.69, 9.17) is 4.74 Å². The Labute approximate surface area is 122 Å². The molecule has 0 aromatic heterocycles. The molecule has 1 aromatic carbocycles. The quantitative estimate of drug-likeness (QED) is 0.899. The highest BCUT2D eigenvalue weighted by Gasteiger charge is 2.18. The molecule has 0 unspecified atom stereocenters. The lowest BCUT2D eigenvalue weighted by Gasteiger charge is -2.31. The Hall–Kier alpha value is -0.770. The molecule has 1 saturated heterocycles. The first kappa shape index (κ1) is 16.3. The summed E-state index contributed by atoms with van der Waals surface area (Å²) in [5.41, 5.74) is 1.38. The van der Waals surface area contributed by atoms with Gasteiger partial charge in [-0.05, 0) is 63.1 Å². The van der Waals surface area contributed by atoms with Gasteiger partial charge in [0.15, 0.2) is 0 Å². The highest BCUT2D eigenvalue weighted by molar-refractivity contribution is 5.85. The molecule has 0 bridgehead atoms. The van der Waals surface area contributed by atoms with Crippen LogP contribution in [0.5, 0.6) is 5.75 Å². The van der Waals surface area contributed by atoms with Crippen molar-refractivity contribution >= 4 is 12.4 Å². The van der Waals surface area contributed by atoms with Gasteiger partial charge in [0, 0.05) is 6.54 Å². The van der Waals surface area contributed by atoms with Crippen LogP contribution in [-0.4, -0.2) is 38.7 Å². The number of nitrogens with zero attached hydrogens (tertiary/aromatic N) is 1. The average molecular weight is 285 g/mol. The molecule has 1 fully saturated rings. The third-order valence-electron chi connectivity index (χ3n) is 3.77. The Bertz CT molecular complexity index is 348. The summed E-state index contributed by atoms with van der Waals surface area (Å²) in [5.74, 6) is 1.80. The van der Waals surface area contributed by atoms with E-state index in [1.807, 2.05) is 19.2 Å². The molecule has 1 aliphatic heterocycles. The van der Waals surface area contributed by atoms with Crippen molar-refractivity contribution in [3.63, 3.8) is 0 Å². The van der Waals surface area contributed by atoms with Gasteiger partial charge < -0.3 is 10.1 Å². The lowest BCUT2D eigenvalue weighted by Crippen LogP contribution is -2.36. The van der Waals surface area contributed by atoms with Crippen LogP contribution in [0.15, 0.2) is 24.3 Å². The maximum absolute atomic E-state index is 5.18. The summed E-state index contributed by atoms with van der Waals surface area (Å²) in [4.78, 5) is 2.55. The molecule has 108 valence electrons. The van der Waals surface area contributed by atoms with Crippen molar-refractivity contribution in [2.45, 2.75) is 19.4 Å². The van der Waals surface area contributed by atoms with Gasteiger partial charge in [0.25, 0.3) is 0 Å². The number of likely N-dealkylation sites (tertiary alicyclic amines) is 1. The summed E-state index contributed by atoms with van der Waals surface area (Å²) in [6, 6.07) is 8.42. The van der Waals surface area contributed by atoms with Gasteiger partial charge in [-0.25, -0.2) is 0 Å². The highest BCUT2D eigenvalue weighted by Crippen LogP contribution is 2.19. The SMILES string of the molecule is CNCC1CCN(Cc2ccc(OC)cc2)CC1.Cl. The predicted octanol–water partition coefficient (Wildman–Crippen LogP) is 2.55. The van der Waals surface area contributed by atoms with Crippen molar-refractivity contribution in [2.24, 2.45) is 5.92 Å². The topological polar surface area (TPSA) is 24.5 Å². The van der Waals surface area contributed by atoms with Crippen LogP contribution in [0.2, 0.25) is 0 Å². The fourth-order valence-corrected chi connectivity index (χ4v) is 2.63. The molecule has 19 heavy (non-hydrogen) atoms. The van der Waals surface area contributed by atoms with Crippen LogP contribution >= 0.6 is 12.4 Å². The van der Waals surface area contributed by atoms with E-state index in [0.717, 1.165) is 24.8 Å². The first-order valence-corrected chi connectivity index (χ1v) is 6.81. The minimum atomic E-state index is 0. The number of piperidine rings is 1. The van der Waals surface area contributed by atoms with E-state index in [1.54, 1.807) is 7.11 Å². The molecule has 1 aliphatic rings. The predicted molar refractivity (Wildman–Crippen MR) is 82.2 cm³/mol. The smallest absolute Gasteiger partial charge is 0.118 e. The summed E-state index contributed by atoms with van der Waals surface area (Å²) in [6.45, 7) is 4.67. The number of methoxy groups -OCH3 is 1. The van der Waals surface area contributed by atoms with E-state index in [9.17, 15) is 0 Å². The highest BCUT2D eigenvalue weighted by atomic mass is 35.5. The number of nitrogens with one attached hydrogen (secondary N) is 1. The van der Waals surface area contributed by atoms with Gasteiger partial charge in [-0.15, -0.1) is 12.4 Å². The van der Waals surface area contributed by atoms with Crippen LogP contribution in [-0.2, 0) is 6.54 Å².